The number of carbonyl (C=O) groups is 1. The number of benzene rings is 2. The molecule has 2 aromatic carbocycles. The minimum Gasteiger partial charge on any atom is -0.494 e. The number of rotatable bonds is 11. The van der Waals surface area contributed by atoms with Crippen LogP contribution in [0.3, 0.4) is 0 Å². The van der Waals surface area contributed by atoms with E-state index in [1.54, 1.807) is 18.2 Å². The smallest absolute Gasteiger partial charge is 0.240 e. The molecule has 1 heterocycles. The molecule has 0 aliphatic carbocycles. The van der Waals surface area contributed by atoms with Crippen LogP contribution in [-0.4, -0.2) is 40.7 Å². The first-order chi connectivity index (χ1) is 15.0. The number of carbonyl (C=O) groups excluding carboxylic acids is 1. The number of amides is 1. The van der Waals surface area contributed by atoms with E-state index < -0.39 is 10.0 Å². The van der Waals surface area contributed by atoms with Crippen molar-refractivity contribution in [2.75, 3.05) is 31.7 Å². The predicted molar refractivity (Wildman–Crippen MR) is 117 cm³/mol. The highest BCUT2D eigenvalue weighted by atomic mass is 32.2. The van der Waals surface area contributed by atoms with Crippen molar-refractivity contribution in [1.29, 1.82) is 0 Å². The summed E-state index contributed by atoms with van der Waals surface area (Å²) in [5.41, 5.74) is 0.723. The average Bonchev–Trinajstić information content (AvgIpc) is 2.77. The lowest BCUT2D eigenvalue weighted by Gasteiger charge is -2.18. The van der Waals surface area contributed by atoms with Crippen molar-refractivity contribution in [3.8, 4) is 17.2 Å². The quantitative estimate of drug-likeness (QED) is 0.511. The number of hydrogen-bond acceptors (Lipinski definition) is 6. The molecule has 0 spiro atoms. The molecule has 0 saturated carbocycles. The van der Waals surface area contributed by atoms with Crippen molar-refractivity contribution in [3.63, 3.8) is 0 Å². The standard InChI is InChI=1S/C22H28N2O6S/c1-2-28-18-9-7-17(8-10-18)24-22(25)6-4-3-5-13-23-31(26,27)19-11-12-20-21(16-19)30-15-14-29-20/h7-12,16,23H,2-6,13-15H2,1H3,(H,24,25). The molecular weight excluding hydrogens is 420 g/mol. The minimum absolute atomic E-state index is 0.0685. The Morgan fingerprint density at radius 1 is 1.00 bits per heavy atom. The fourth-order valence-corrected chi connectivity index (χ4v) is 4.18. The molecule has 0 aromatic heterocycles. The van der Waals surface area contributed by atoms with Gasteiger partial charge in [0.1, 0.15) is 19.0 Å². The summed E-state index contributed by atoms with van der Waals surface area (Å²) in [5, 5.41) is 2.84. The molecule has 9 heteroatoms. The van der Waals surface area contributed by atoms with Gasteiger partial charge in [0, 0.05) is 24.7 Å². The monoisotopic (exact) mass is 448 g/mol. The zero-order valence-corrected chi connectivity index (χ0v) is 18.4. The fourth-order valence-electron chi connectivity index (χ4n) is 3.09. The molecule has 0 unspecified atom stereocenters. The van der Waals surface area contributed by atoms with Crippen molar-refractivity contribution < 1.29 is 27.4 Å². The first kappa shape index (κ1) is 22.9. The van der Waals surface area contributed by atoms with Gasteiger partial charge in [-0.25, -0.2) is 13.1 Å². The van der Waals surface area contributed by atoms with E-state index in [2.05, 4.69) is 10.0 Å². The van der Waals surface area contributed by atoms with Crippen LogP contribution in [0, 0.1) is 0 Å². The van der Waals surface area contributed by atoms with E-state index in [-0.39, 0.29) is 10.8 Å². The van der Waals surface area contributed by atoms with Gasteiger partial charge >= 0.3 is 0 Å². The van der Waals surface area contributed by atoms with E-state index in [0.29, 0.717) is 57.1 Å². The van der Waals surface area contributed by atoms with Gasteiger partial charge in [0.25, 0.3) is 0 Å². The zero-order chi connectivity index (χ0) is 22.1. The summed E-state index contributed by atoms with van der Waals surface area (Å²) >= 11 is 0. The Morgan fingerprint density at radius 3 is 2.48 bits per heavy atom. The van der Waals surface area contributed by atoms with Crippen molar-refractivity contribution >= 4 is 21.6 Å². The molecule has 2 aromatic rings. The van der Waals surface area contributed by atoms with E-state index in [1.165, 1.54) is 12.1 Å². The lowest BCUT2D eigenvalue weighted by molar-refractivity contribution is -0.116. The highest BCUT2D eigenvalue weighted by Gasteiger charge is 2.18. The molecular formula is C22H28N2O6S. The van der Waals surface area contributed by atoms with Crippen LogP contribution < -0.4 is 24.2 Å². The van der Waals surface area contributed by atoms with E-state index >= 15 is 0 Å². The van der Waals surface area contributed by atoms with Crippen molar-refractivity contribution in [3.05, 3.63) is 42.5 Å². The lowest BCUT2D eigenvalue weighted by atomic mass is 10.2. The topological polar surface area (TPSA) is 103 Å². The summed E-state index contributed by atoms with van der Waals surface area (Å²) in [4.78, 5) is 12.2. The lowest BCUT2D eigenvalue weighted by Crippen LogP contribution is -2.25. The van der Waals surface area contributed by atoms with Gasteiger partial charge in [0.2, 0.25) is 15.9 Å². The Kier molecular flexibility index (Phi) is 8.13. The second-order valence-corrected chi connectivity index (χ2v) is 8.79. The molecule has 2 N–H and O–H groups in total. The zero-order valence-electron chi connectivity index (χ0n) is 17.6. The van der Waals surface area contributed by atoms with Gasteiger partial charge in [-0.1, -0.05) is 6.42 Å². The summed E-state index contributed by atoms with van der Waals surface area (Å²) in [7, 11) is -3.62. The van der Waals surface area contributed by atoms with Crippen molar-refractivity contribution in [2.45, 2.75) is 37.5 Å². The van der Waals surface area contributed by atoms with Gasteiger partial charge < -0.3 is 19.5 Å². The number of unbranched alkanes of at least 4 members (excludes halogenated alkanes) is 2. The molecule has 1 aliphatic heterocycles. The van der Waals surface area contributed by atoms with Gasteiger partial charge in [-0.3, -0.25) is 4.79 Å². The highest BCUT2D eigenvalue weighted by molar-refractivity contribution is 7.89. The van der Waals surface area contributed by atoms with Crippen molar-refractivity contribution in [1.82, 2.24) is 4.72 Å². The number of anilines is 1. The summed E-state index contributed by atoms with van der Waals surface area (Å²) in [6.45, 7) is 3.67. The van der Waals surface area contributed by atoms with E-state index in [9.17, 15) is 13.2 Å². The first-order valence-electron chi connectivity index (χ1n) is 10.4. The number of sulfonamides is 1. The molecule has 0 fully saturated rings. The second-order valence-electron chi connectivity index (χ2n) is 7.02. The maximum absolute atomic E-state index is 12.4. The summed E-state index contributed by atoms with van der Waals surface area (Å²) in [6.07, 6.45) is 2.43. The van der Waals surface area contributed by atoms with Crippen LogP contribution in [0.15, 0.2) is 47.4 Å². The Morgan fingerprint density at radius 2 is 1.74 bits per heavy atom. The van der Waals surface area contributed by atoms with Crippen LogP contribution >= 0.6 is 0 Å². The SMILES string of the molecule is CCOc1ccc(NC(=O)CCCCCNS(=O)(=O)c2ccc3c(c2)OCCO3)cc1. The molecule has 3 rings (SSSR count). The second kappa shape index (κ2) is 11.0. The van der Waals surface area contributed by atoms with Crippen molar-refractivity contribution in [2.24, 2.45) is 0 Å². The maximum atomic E-state index is 12.4. The van der Waals surface area contributed by atoms with Crippen LogP contribution in [0.4, 0.5) is 5.69 Å². The minimum atomic E-state index is -3.62. The molecule has 0 saturated heterocycles. The molecule has 1 amide bonds. The maximum Gasteiger partial charge on any atom is 0.240 e. The molecule has 0 bridgehead atoms. The van der Waals surface area contributed by atoms with Gasteiger partial charge in [-0.05, 0) is 56.2 Å². The molecule has 0 radical (unpaired) electrons. The molecule has 8 nitrogen and oxygen atoms in total. The van der Waals surface area contributed by atoms with Gasteiger partial charge in [-0.2, -0.15) is 0 Å². The molecule has 31 heavy (non-hydrogen) atoms. The Balaban J connectivity index is 1.34. The Labute approximate surface area is 182 Å². The van der Waals surface area contributed by atoms with Crippen LogP contribution in [0.1, 0.15) is 32.6 Å². The summed E-state index contributed by atoms with van der Waals surface area (Å²) in [6, 6.07) is 11.8. The van der Waals surface area contributed by atoms with E-state index in [1.807, 2.05) is 19.1 Å². The van der Waals surface area contributed by atoms with Gasteiger partial charge in [-0.15, -0.1) is 0 Å². The summed E-state index contributed by atoms with van der Waals surface area (Å²) < 4.78 is 43.7. The van der Waals surface area contributed by atoms with Crippen LogP contribution in [0.2, 0.25) is 0 Å². The number of ether oxygens (including phenoxy) is 3. The Bertz CT molecular complexity index is 976. The number of nitrogens with one attached hydrogen (secondary N) is 2. The predicted octanol–water partition coefficient (Wildman–Crippen LogP) is 3.33. The fraction of sp³-hybridized carbons (Fsp3) is 0.409. The highest BCUT2D eigenvalue weighted by Crippen LogP contribution is 2.32. The van der Waals surface area contributed by atoms with Crippen LogP contribution in [0.25, 0.3) is 0 Å². The molecule has 1 aliphatic rings. The summed E-state index contributed by atoms with van der Waals surface area (Å²) in [5.74, 6) is 1.68. The normalized spacial score (nSPS) is 12.9. The number of hydrogen-bond donors (Lipinski definition) is 2. The first-order valence-corrected chi connectivity index (χ1v) is 11.9. The van der Waals surface area contributed by atoms with Gasteiger partial charge in [0.15, 0.2) is 11.5 Å². The van der Waals surface area contributed by atoms with Crippen LogP contribution in [0.5, 0.6) is 17.2 Å². The van der Waals surface area contributed by atoms with E-state index in [4.69, 9.17) is 14.2 Å². The molecule has 168 valence electrons. The third-order valence-corrected chi connectivity index (χ3v) is 6.10. The average molecular weight is 449 g/mol. The van der Waals surface area contributed by atoms with Crippen LogP contribution in [-0.2, 0) is 14.8 Å². The van der Waals surface area contributed by atoms with Gasteiger partial charge in [0.05, 0.1) is 11.5 Å². The third kappa shape index (κ3) is 6.86. The third-order valence-electron chi connectivity index (χ3n) is 4.65. The molecule has 0 atom stereocenters. The Hall–Kier alpha value is -2.78. The number of fused-ring (bicyclic) bond motifs is 1. The largest absolute Gasteiger partial charge is 0.494 e. The van der Waals surface area contributed by atoms with E-state index in [0.717, 1.165) is 17.9 Å².